The van der Waals surface area contributed by atoms with E-state index >= 15 is 0 Å². The van der Waals surface area contributed by atoms with Crippen molar-refractivity contribution in [2.24, 2.45) is 4.99 Å². The number of ether oxygens (including phenoxy) is 1. The lowest BCUT2D eigenvalue weighted by Gasteiger charge is -2.14. The molecule has 7 nitrogen and oxygen atoms in total. The first-order valence-corrected chi connectivity index (χ1v) is 7.47. The minimum Gasteiger partial charge on any atom is -0.394 e. The van der Waals surface area contributed by atoms with Crippen LogP contribution in [0.15, 0.2) is 17.3 Å². The van der Waals surface area contributed by atoms with E-state index in [4.69, 9.17) is 16.3 Å². The molecule has 0 radical (unpaired) electrons. The van der Waals surface area contributed by atoms with Crippen LogP contribution in [0.2, 0.25) is 5.28 Å². The molecule has 0 bridgehead atoms. The van der Waals surface area contributed by atoms with E-state index in [1.54, 1.807) is 6.34 Å². The Bertz CT molecular complexity index is 700. The summed E-state index contributed by atoms with van der Waals surface area (Å²) in [5, 5.41) is 10.2. The molecule has 0 aromatic carbocycles. The molecule has 1 aliphatic rings. The van der Waals surface area contributed by atoms with Gasteiger partial charge in [0.05, 0.1) is 24.4 Å². The Kier molecular flexibility index (Phi) is 4.28. The van der Waals surface area contributed by atoms with Gasteiger partial charge in [0.2, 0.25) is 5.28 Å². The lowest BCUT2D eigenvalue weighted by atomic mass is 10.2. The summed E-state index contributed by atoms with van der Waals surface area (Å²) in [6.07, 6.45) is 4.95. The smallest absolute Gasteiger partial charge is 0.226 e. The third kappa shape index (κ3) is 2.92. The molecular weight excluding hydrogens is 306 g/mol. The zero-order chi connectivity index (χ0) is 15.7. The van der Waals surface area contributed by atoms with Crippen LogP contribution in [0.4, 0.5) is 5.82 Å². The molecule has 1 fully saturated rings. The quantitative estimate of drug-likeness (QED) is 0.529. The fourth-order valence-electron chi connectivity index (χ4n) is 2.52. The first-order chi connectivity index (χ1) is 10.6. The van der Waals surface area contributed by atoms with E-state index in [9.17, 15) is 5.11 Å². The number of aliphatic imine (C=N–C) groups is 1. The van der Waals surface area contributed by atoms with E-state index in [0.717, 1.165) is 18.2 Å². The lowest BCUT2D eigenvalue weighted by molar-refractivity contribution is -0.0204. The molecule has 1 aliphatic heterocycles. The molecule has 22 heavy (non-hydrogen) atoms. The molecule has 118 valence electrons. The molecule has 2 atom stereocenters. The monoisotopic (exact) mass is 323 g/mol. The number of hydrogen-bond acceptors (Lipinski definition) is 5. The van der Waals surface area contributed by atoms with Crippen LogP contribution in [0.25, 0.3) is 11.0 Å². The van der Waals surface area contributed by atoms with E-state index in [1.807, 2.05) is 35.8 Å². The maximum absolute atomic E-state index is 9.20. The van der Waals surface area contributed by atoms with Crippen molar-refractivity contribution in [2.45, 2.75) is 25.2 Å². The molecule has 1 N–H and O–H groups in total. The van der Waals surface area contributed by atoms with Gasteiger partial charge in [-0.05, 0) is 30.5 Å². The topological polar surface area (TPSA) is 75.8 Å². The fourth-order valence-corrected chi connectivity index (χ4v) is 2.68. The molecule has 2 aromatic heterocycles. The number of halogens is 1. The molecule has 1 saturated heterocycles. The van der Waals surface area contributed by atoms with Gasteiger partial charge in [-0.15, -0.1) is 0 Å². The zero-order valence-electron chi connectivity index (χ0n) is 12.5. The first-order valence-electron chi connectivity index (χ1n) is 7.09. The molecule has 0 spiro atoms. The second-order valence-corrected chi connectivity index (χ2v) is 5.80. The molecule has 2 aromatic rings. The second kappa shape index (κ2) is 6.20. The van der Waals surface area contributed by atoms with E-state index in [2.05, 4.69) is 15.0 Å². The summed E-state index contributed by atoms with van der Waals surface area (Å²) in [5.74, 6) is 0.527. The summed E-state index contributed by atoms with van der Waals surface area (Å²) in [6, 6.07) is 1.91. The number of nitrogens with zero attached hydrogens (tertiary/aromatic N) is 5. The lowest BCUT2D eigenvalue weighted by Crippen LogP contribution is -2.14. The van der Waals surface area contributed by atoms with Gasteiger partial charge in [-0.2, -0.15) is 9.97 Å². The third-order valence-electron chi connectivity index (χ3n) is 3.53. The van der Waals surface area contributed by atoms with Crippen LogP contribution in [0.1, 0.15) is 19.1 Å². The Morgan fingerprint density at radius 1 is 1.50 bits per heavy atom. The van der Waals surface area contributed by atoms with Crippen molar-refractivity contribution >= 4 is 34.8 Å². The molecular formula is C14H18ClN5O2. The summed E-state index contributed by atoms with van der Waals surface area (Å²) in [7, 11) is 3.77. The largest absolute Gasteiger partial charge is 0.394 e. The Morgan fingerprint density at radius 2 is 2.32 bits per heavy atom. The Balaban J connectivity index is 2.00. The van der Waals surface area contributed by atoms with Gasteiger partial charge < -0.3 is 19.3 Å². The Morgan fingerprint density at radius 3 is 3.00 bits per heavy atom. The van der Waals surface area contributed by atoms with Crippen molar-refractivity contribution in [1.82, 2.24) is 19.4 Å². The normalized spacial score (nSPS) is 22.0. The summed E-state index contributed by atoms with van der Waals surface area (Å²) >= 11 is 6.03. The average Bonchev–Trinajstić information content (AvgIpc) is 3.10. The van der Waals surface area contributed by atoms with Gasteiger partial charge in [0, 0.05) is 20.3 Å². The third-order valence-corrected chi connectivity index (χ3v) is 3.70. The first kappa shape index (κ1) is 15.2. The molecule has 2 unspecified atom stereocenters. The van der Waals surface area contributed by atoms with Gasteiger partial charge in [0.25, 0.3) is 0 Å². The molecule has 0 saturated carbocycles. The number of rotatable bonds is 4. The molecule has 3 rings (SSSR count). The highest BCUT2D eigenvalue weighted by Crippen LogP contribution is 2.33. The van der Waals surface area contributed by atoms with Crippen molar-refractivity contribution in [3.63, 3.8) is 0 Å². The van der Waals surface area contributed by atoms with E-state index in [0.29, 0.717) is 11.5 Å². The summed E-state index contributed by atoms with van der Waals surface area (Å²) in [4.78, 5) is 14.6. The fraction of sp³-hybridized carbons (Fsp3) is 0.500. The molecule has 3 heterocycles. The van der Waals surface area contributed by atoms with Crippen LogP contribution in [-0.2, 0) is 4.74 Å². The minimum atomic E-state index is -0.147. The molecule has 8 heteroatoms. The maximum atomic E-state index is 9.20. The van der Waals surface area contributed by atoms with Crippen LogP contribution >= 0.6 is 11.6 Å². The van der Waals surface area contributed by atoms with Crippen LogP contribution < -0.4 is 0 Å². The van der Waals surface area contributed by atoms with Crippen molar-refractivity contribution in [3.05, 3.63) is 17.5 Å². The van der Waals surface area contributed by atoms with E-state index in [1.165, 1.54) is 0 Å². The predicted molar refractivity (Wildman–Crippen MR) is 84.6 cm³/mol. The predicted octanol–water partition coefficient (Wildman–Crippen LogP) is 1.98. The standard InChI is InChI=1S/C14H18ClN5O2/c1-19(2)8-16-12-10-5-6-20(13(10)18-14(15)17-12)11-4-3-9(7-21)22-11/h5-6,8-9,11,21H,3-4,7H2,1-2H3/b16-8+. The van der Waals surface area contributed by atoms with Crippen LogP contribution in [0, 0.1) is 0 Å². The summed E-state index contributed by atoms with van der Waals surface area (Å²) in [6.45, 7) is 0.0316. The number of aromatic nitrogens is 3. The number of hydrogen-bond donors (Lipinski definition) is 1. The van der Waals surface area contributed by atoms with Crippen LogP contribution in [0.5, 0.6) is 0 Å². The number of fused-ring (bicyclic) bond motifs is 1. The summed E-state index contributed by atoms with van der Waals surface area (Å²) in [5.41, 5.74) is 0.689. The van der Waals surface area contributed by atoms with Crippen molar-refractivity contribution in [2.75, 3.05) is 20.7 Å². The maximum Gasteiger partial charge on any atom is 0.226 e. The van der Waals surface area contributed by atoms with Gasteiger partial charge in [0.15, 0.2) is 5.82 Å². The average molecular weight is 324 g/mol. The van der Waals surface area contributed by atoms with Crippen LogP contribution in [-0.4, -0.2) is 57.7 Å². The molecule has 0 amide bonds. The number of aliphatic hydroxyl groups excluding tert-OH is 1. The van der Waals surface area contributed by atoms with Gasteiger partial charge >= 0.3 is 0 Å². The Hall–Kier alpha value is -1.70. The zero-order valence-corrected chi connectivity index (χ0v) is 13.2. The van der Waals surface area contributed by atoms with Gasteiger partial charge in [0.1, 0.15) is 11.9 Å². The highest BCUT2D eigenvalue weighted by atomic mass is 35.5. The highest BCUT2D eigenvalue weighted by molar-refractivity contribution is 6.28. The van der Waals surface area contributed by atoms with Gasteiger partial charge in [-0.3, -0.25) is 0 Å². The van der Waals surface area contributed by atoms with Gasteiger partial charge in [-0.1, -0.05) is 0 Å². The number of aliphatic hydroxyl groups is 1. The van der Waals surface area contributed by atoms with Gasteiger partial charge in [-0.25, -0.2) is 4.99 Å². The van der Waals surface area contributed by atoms with Crippen LogP contribution in [0.3, 0.4) is 0 Å². The van der Waals surface area contributed by atoms with Crippen molar-refractivity contribution < 1.29 is 9.84 Å². The van der Waals surface area contributed by atoms with Crippen molar-refractivity contribution in [3.8, 4) is 0 Å². The second-order valence-electron chi connectivity index (χ2n) is 5.46. The van der Waals surface area contributed by atoms with Crippen molar-refractivity contribution in [1.29, 1.82) is 0 Å². The van der Waals surface area contributed by atoms with E-state index in [-0.39, 0.29) is 24.2 Å². The summed E-state index contributed by atoms with van der Waals surface area (Å²) < 4.78 is 7.73. The van der Waals surface area contributed by atoms with E-state index < -0.39 is 0 Å². The Labute approximate surface area is 133 Å². The highest BCUT2D eigenvalue weighted by Gasteiger charge is 2.27. The minimum absolute atomic E-state index is 0.0316. The molecule has 0 aliphatic carbocycles. The SMILES string of the molecule is CN(C)/C=N/c1nc(Cl)nc2c1ccn2C1CCC(CO)O1.